The number of anilines is 1. The maximum absolute atomic E-state index is 6.01. The summed E-state index contributed by atoms with van der Waals surface area (Å²) in [5.74, 6) is 2.35. The Labute approximate surface area is 107 Å². The number of rotatable bonds is 5. The molecule has 1 aliphatic rings. The number of benzene rings is 1. The third-order valence-electron chi connectivity index (χ3n) is 3.68. The predicted molar refractivity (Wildman–Crippen MR) is 72.7 cm³/mol. The summed E-state index contributed by atoms with van der Waals surface area (Å²) in [4.78, 5) is 4.41. The van der Waals surface area contributed by atoms with Crippen LogP contribution in [-0.4, -0.2) is 16.7 Å². The number of nitrogens with two attached hydrogens (primary N) is 1. The van der Waals surface area contributed by atoms with E-state index in [1.807, 2.05) is 12.1 Å². The number of fused-ring (bicyclic) bond motifs is 1. The first-order chi connectivity index (χ1) is 8.79. The zero-order valence-corrected chi connectivity index (χ0v) is 10.7. The highest BCUT2D eigenvalue weighted by Crippen LogP contribution is 2.34. The molecule has 0 amide bonds. The summed E-state index contributed by atoms with van der Waals surface area (Å²) in [5.41, 5.74) is 7.94. The molecule has 0 atom stereocenters. The lowest BCUT2D eigenvalue weighted by molar-refractivity contribution is 0.419. The fourth-order valence-electron chi connectivity index (χ4n) is 2.48. The van der Waals surface area contributed by atoms with Crippen molar-refractivity contribution < 1.29 is 4.74 Å². The van der Waals surface area contributed by atoms with Crippen molar-refractivity contribution in [3.63, 3.8) is 0 Å². The molecule has 0 aliphatic heterocycles. The van der Waals surface area contributed by atoms with Crippen LogP contribution in [-0.2, 0) is 6.54 Å². The largest absolute Gasteiger partial charge is 0.494 e. The molecule has 1 saturated carbocycles. The van der Waals surface area contributed by atoms with Gasteiger partial charge < -0.3 is 15.0 Å². The van der Waals surface area contributed by atoms with Crippen LogP contribution < -0.4 is 10.5 Å². The van der Waals surface area contributed by atoms with Crippen molar-refractivity contribution in [3.8, 4) is 5.75 Å². The molecule has 1 aromatic carbocycles. The highest BCUT2D eigenvalue weighted by atomic mass is 16.5. The van der Waals surface area contributed by atoms with Crippen molar-refractivity contribution in [1.29, 1.82) is 0 Å². The van der Waals surface area contributed by atoms with Gasteiger partial charge in [0.1, 0.15) is 11.3 Å². The number of hydrogen-bond donors (Lipinski definition) is 1. The molecule has 1 fully saturated rings. The summed E-state index contributed by atoms with van der Waals surface area (Å²) in [6.07, 6.45) is 5.31. The summed E-state index contributed by atoms with van der Waals surface area (Å²) in [7, 11) is 1.66. The van der Waals surface area contributed by atoms with E-state index in [4.69, 9.17) is 10.5 Å². The van der Waals surface area contributed by atoms with Gasteiger partial charge in [-0.1, -0.05) is 18.9 Å². The number of nitrogens with zero attached hydrogens (tertiary/aromatic N) is 2. The van der Waals surface area contributed by atoms with Gasteiger partial charge in [0.05, 0.1) is 12.6 Å². The van der Waals surface area contributed by atoms with E-state index < -0.39 is 0 Å². The maximum Gasteiger partial charge on any atom is 0.201 e. The molecule has 4 nitrogen and oxygen atoms in total. The second kappa shape index (κ2) is 4.52. The molecule has 1 heterocycles. The zero-order valence-electron chi connectivity index (χ0n) is 10.7. The van der Waals surface area contributed by atoms with Crippen LogP contribution in [0.2, 0.25) is 0 Å². The van der Waals surface area contributed by atoms with Gasteiger partial charge in [-0.2, -0.15) is 0 Å². The van der Waals surface area contributed by atoms with Gasteiger partial charge in [-0.05, 0) is 30.9 Å². The van der Waals surface area contributed by atoms with Gasteiger partial charge in [0.15, 0.2) is 0 Å². The SMILES string of the molecule is COc1cccc2c1nc(N)n2CCCC1CC1. The number of methoxy groups -OCH3 is 1. The predicted octanol–water partition coefficient (Wildman–Crippen LogP) is 2.82. The lowest BCUT2D eigenvalue weighted by Crippen LogP contribution is -2.03. The lowest BCUT2D eigenvalue weighted by Gasteiger charge is -2.06. The Morgan fingerprint density at radius 2 is 2.28 bits per heavy atom. The van der Waals surface area contributed by atoms with Gasteiger partial charge in [-0.3, -0.25) is 0 Å². The number of nitrogen functional groups attached to an aromatic ring is 1. The smallest absolute Gasteiger partial charge is 0.201 e. The average molecular weight is 245 g/mol. The highest BCUT2D eigenvalue weighted by molar-refractivity contribution is 5.84. The minimum absolute atomic E-state index is 0.588. The van der Waals surface area contributed by atoms with Crippen LogP contribution in [0.4, 0.5) is 5.95 Å². The van der Waals surface area contributed by atoms with Gasteiger partial charge in [0.25, 0.3) is 0 Å². The van der Waals surface area contributed by atoms with E-state index in [-0.39, 0.29) is 0 Å². The van der Waals surface area contributed by atoms with Gasteiger partial charge in [-0.25, -0.2) is 4.98 Å². The van der Waals surface area contributed by atoms with Crippen molar-refractivity contribution in [1.82, 2.24) is 9.55 Å². The summed E-state index contributed by atoms with van der Waals surface area (Å²) in [5, 5.41) is 0. The third kappa shape index (κ3) is 2.03. The fourth-order valence-corrected chi connectivity index (χ4v) is 2.48. The van der Waals surface area contributed by atoms with E-state index in [0.717, 1.165) is 29.2 Å². The second-order valence-corrected chi connectivity index (χ2v) is 5.04. The monoisotopic (exact) mass is 245 g/mol. The van der Waals surface area contributed by atoms with Crippen molar-refractivity contribution in [2.75, 3.05) is 12.8 Å². The van der Waals surface area contributed by atoms with Crippen molar-refractivity contribution in [2.24, 2.45) is 5.92 Å². The summed E-state index contributed by atoms with van der Waals surface area (Å²) >= 11 is 0. The Morgan fingerprint density at radius 1 is 1.44 bits per heavy atom. The van der Waals surface area contributed by atoms with E-state index in [2.05, 4.69) is 15.6 Å². The van der Waals surface area contributed by atoms with Crippen LogP contribution in [0.15, 0.2) is 18.2 Å². The number of imidazole rings is 1. The van der Waals surface area contributed by atoms with Gasteiger partial charge in [0, 0.05) is 6.54 Å². The quantitative estimate of drug-likeness (QED) is 0.881. The van der Waals surface area contributed by atoms with Gasteiger partial charge in [-0.15, -0.1) is 0 Å². The maximum atomic E-state index is 6.01. The Bertz CT molecular complexity index is 557. The van der Waals surface area contributed by atoms with Crippen LogP contribution in [0, 0.1) is 5.92 Å². The first-order valence-corrected chi connectivity index (χ1v) is 6.58. The van der Waals surface area contributed by atoms with Gasteiger partial charge >= 0.3 is 0 Å². The summed E-state index contributed by atoms with van der Waals surface area (Å²) in [6, 6.07) is 5.96. The molecule has 2 aromatic rings. The molecule has 1 aliphatic carbocycles. The van der Waals surface area contributed by atoms with Crippen molar-refractivity contribution in [3.05, 3.63) is 18.2 Å². The molecule has 0 radical (unpaired) electrons. The van der Waals surface area contributed by atoms with E-state index in [0.29, 0.717) is 5.95 Å². The molecular weight excluding hydrogens is 226 g/mol. The molecule has 3 rings (SSSR count). The molecule has 18 heavy (non-hydrogen) atoms. The molecule has 0 bridgehead atoms. The Morgan fingerprint density at radius 3 is 3.00 bits per heavy atom. The average Bonchev–Trinajstić information content (AvgIpc) is 3.14. The van der Waals surface area contributed by atoms with E-state index in [9.17, 15) is 0 Å². The first-order valence-electron chi connectivity index (χ1n) is 6.58. The molecular formula is C14H19N3O. The number of aryl methyl sites for hydroxylation is 1. The van der Waals surface area contributed by atoms with Crippen LogP contribution >= 0.6 is 0 Å². The van der Waals surface area contributed by atoms with Crippen molar-refractivity contribution in [2.45, 2.75) is 32.2 Å². The Balaban J connectivity index is 1.87. The fraction of sp³-hybridized carbons (Fsp3) is 0.500. The van der Waals surface area contributed by atoms with Gasteiger partial charge in [0.2, 0.25) is 5.95 Å². The van der Waals surface area contributed by atoms with Crippen LogP contribution in [0.3, 0.4) is 0 Å². The number of ether oxygens (including phenoxy) is 1. The Kier molecular flexibility index (Phi) is 2.86. The van der Waals surface area contributed by atoms with E-state index >= 15 is 0 Å². The first kappa shape index (κ1) is 11.4. The summed E-state index contributed by atoms with van der Waals surface area (Å²) < 4.78 is 7.41. The molecule has 2 N–H and O–H groups in total. The second-order valence-electron chi connectivity index (χ2n) is 5.04. The molecule has 0 spiro atoms. The Hall–Kier alpha value is -1.71. The number of para-hydroxylation sites is 1. The number of hydrogen-bond acceptors (Lipinski definition) is 3. The molecule has 1 aromatic heterocycles. The standard InChI is InChI=1S/C14H19N3O/c1-18-12-6-2-5-11-13(12)16-14(15)17(11)9-3-4-10-7-8-10/h2,5-6,10H,3-4,7-9H2,1H3,(H2,15,16). The molecule has 0 saturated heterocycles. The van der Waals surface area contributed by atoms with E-state index in [1.54, 1.807) is 7.11 Å². The molecule has 96 valence electrons. The highest BCUT2D eigenvalue weighted by Gasteiger charge is 2.20. The molecule has 0 unspecified atom stereocenters. The topological polar surface area (TPSA) is 53.1 Å². The minimum Gasteiger partial charge on any atom is -0.494 e. The third-order valence-corrected chi connectivity index (χ3v) is 3.68. The van der Waals surface area contributed by atoms with Crippen LogP contribution in [0.1, 0.15) is 25.7 Å². The van der Waals surface area contributed by atoms with Crippen molar-refractivity contribution >= 4 is 17.0 Å². The number of aromatic nitrogens is 2. The zero-order chi connectivity index (χ0) is 12.5. The normalized spacial score (nSPS) is 15.2. The van der Waals surface area contributed by atoms with Crippen LogP contribution in [0.5, 0.6) is 5.75 Å². The summed E-state index contributed by atoms with van der Waals surface area (Å²) in [6.45, 7) is 0.950. The lowest BCUT2D eigenvalue weighted by atomic mass is 10.2. The molecule has 4 heteroatoms. The van der Waals surface area contributed by atoms with Crippen LogP contribution in [0.25, 0.3) is 11.0 Å². The van der Waals surface area contributed by atoms with E-state index in [1.165, 1.54) is 25.7 Å². The minimum atomic E-state index is 0.588.